The number of nitrogens with one attached hydrogen (secondary N) is 1. The van der Waals surface area contributed by atoms with Crippen molar-refractivity contribution in [2.24, 2.45) is 0 Å². The number of pyridine rings is 1. The summed E-state index contributed by atoms with van der Waals surface area (Å²) in [6, 6.07) is 5.02. The Bertz CT molecular complexity index is 495. The second kappa shape index (κ2) is 3.91. The summed E-state index contributed by atoms with van der Waals surface area (Å²) >= 11 is 0. The molecule has 1 unspecified atom stereocenters. The Balaban J connectivity index is 2.02. The zero-order valence-corrected chi connectivity index (χ0v) is 9.61. The van der Waals surface area contributed by atoms with Gasteiger partial charge in [0.15, 0.2) is 0 Å². The maximum Gasteiger partial charge on any atom is 0.112 e. The number of fused-ring (bicyclic) bond motifs is 1. The predicted octanol–water partition coefficient (Wildman–Crippen LogP) is 2.32. The highest BCUT2D eigenvalue weighted by Crippen LogP contribution is 2.24. The number of rotatable bonds is 2. The first-order chi connectivity index (χ1) is 7.88. The maximum atomic E-state index is 4.42. The third-order valence-corrected chi connectivity index (χ3v) is 3.41. The van der Waals surface area contributed by atoms with E-state index in [2.05, 4.69) is 40.0 Å². The number of nitrogens with zero attached hydrogens (tertiary/aromatic N) is 2. The van der Waals surface area contributed by atoms with Crippen molar-refractivity contribution in [3.63, 3.8) is 0 Å². The summed E-state index contributed by atoms with van der Waals surface area (Å²) in [4.78, 5) is 4.42. The fourth-order valence-corrected chi connectivity index (χ4v) is 2.52. The van der Waals surface area contributed by atoms with E-state index in [0.29, 0.717) is 6.04 Å². The molecule has 1 aliphatic rings. The van der Waals surface area contributed by atoms with Crippen molar-refractivity contribution < 1.29 is 0 Å². The third kappa shape index (κ3) is 1.52. The van der Waals surface area contributed by atoms with E-state index in [-0.39, 0.29) is 0 Å². The molecule has 1 fully saturated rings. The van der Waals surface area contributed by atoms with Crippen LogP contribution in [0.15, 0.2) is 24.5 Å². The highest BCUT2D eigenvalue weighted by atomic mass is 15.0. The average molecular weight is 215 g/mol. The van der Waals surface area contributed by atoms with Gasteiger partial charge in [0.1, 0.15) is 5.82 Å². The van der Waals surface area contributed by atoms with Crippen molar-refractivity contribution in [3.05, 3.63) is 35.9 Å². The van der Waals surface area contributed by atoms with E-state index in [9.17, 15) is 0 Å². The van der Waals surface area contributed by atoms with Gasteiger partial charge in [-0.3, -0.25) is 0 Å². The SMILES string of the molecule is CCc1ncc2cc(C3CCCN3)ccn12. The minimum absolute atomic E-state index is 0.546. The lowest BCUT2D eigenvalue weighted by Gasteiger charge is -2.11. The Morgan fingerprint density at radius 3 is 3.25 bits per heavy atom. The summed E-state index contributed by atoms with van der Waals surface area (Å²) in [5, 5.41) is 3.53. The van der Waals surface area contributed by atoms with Crippen LogP contribution in [0, 0.1) is 0 Å². The van der Waals surface area contributed by atoms with Crippen LogP contribution in [0.2, 0.25) is 0 Å². The summed E-state index contributed by atoms with van der Waals surface area (Å²) in [5.41, 5.74) is 2.61. The number of imidazole rings is 1. The van der Waals surface area contributed by atoms with Crippen LogP contribution < -0.4 is 5.32 Å². The second-order valence-corrected chi connectivity index (χ2v) is 4.43. The first-order valence-corrected chi connectivity index (χ1v) is 6.08. The quantitative estimate of drug-likeness (QED) is 0.833. The first-order valence-electron chi connectivity index (χ1n) is 6.08. The van der Waals surface area contributed by atoms with Gasteiger partial charge in [0, 0.05) is 18.7 Å². The fraction of sp³-hybridized carbons (Fsp3) is 0.462. The van der Waals surface area contributed by atoms with Gasteiger partial charge in [0.2, 0.25) is 0 Å². The van der Waals surface area contributed by atoms with Crippen LogP contribution in [0.5, 0.6) is 0 Å². The predicted molar refractivity (Wildman–Crippen MR) is 64.5 cm³/mol. The Morgan fingerprint density at radius 2 is 2.50 bits per heavy atom. The maximum absolute atomic E-state index is 4.42. The molecule has 3 rings (SSSR count). The van der Waals surface area contributed by atoms with Crippen LogP contribution in [-0.4, -0.2) is 15.9 Å². The van der Waals surface area contributed by atoms with Gasteiger partial charge in [-0.15, -0.1) is 0 Å². The smallest absolute Gasteiger partial charge is 0.112 e. The molecule has 0 amide bonds. The van der Waals surface area contributed by atoms with Crippen molar-refractivity contribution in [1.82, 2.24) is 14.7 Å². The molecule has 2 aromatic heterocycles. The van der Waals surface area contributed by atoms with Crippen LogP contribution in [0.4, 0.5) is 0 Å². The Labute approximate surface area is 95.5 Å². The molecule has 0 aromatic carbocycles. The van der Waals surface area contributed by atoms with Crippen LogP contribution in [0.3, 0.4) is 0 Å². The standard InChI is InChI=1S/C13H17N3/c1-2-13-15-9-11-8-10(5-7-16(11)13)12-4-3-6-14-12/h5,7-9,12,14H,2-4,6H2,1H3. The molecule has 1 saturated heterocycles. The van der Waals surface area contributed by atoms with Crippen LogP contribution in [0.25, 0.3) is 5.52 Å². The Kier molecular flexibility index (Phi) is 2.40. The molecule has 3 heteroatoms. The van der Waals surface area contributed by atoms with Gasteiger partial charge in [-0.25, -0.2) is 4.98 Å². The molecular weight excluding hydrogens is 198 g/mol. The molecule has 0 radical (unpaired) electrons. The molecule has 0 saturated carbocycles. The molecule has 0 spiro atoms. The lowest BCUT2D eigenvalue weighted by atomic mass is 10.1. The minimum atomic E-state index is 0.546. The van der Waals surface area contributed by atoms with E-state index in [1.807, 2.05) is 6.20 Å². The van der Waals surface area contributed by atoms with E-state index in [1.54, 1.807) is 0 Å². The van der Waals surface area contributed by atoms with Gasteiger partial charge in [0.25, 0.3) is 0 Å². The van der Waals surface area contributed by atoms with Crippen molar-refractivity contribution in [2.75, 3.05) is 6.54 Å². The summed E-state index contributed by atoms with van der Waals surface area (Å²) in [6.07, 6.45) is 7.64. The van der Waals surface area contributed by atoms with Crippen molar-refractivity contribution in [3.8, 4) is 0 Å². The second-order valence-electron chi connectivity index (χ2n) is 4.43. The van der Waals surface area contributed by atoms with Crippen LogP contribution in [0.1, 0.15) is 37.2 Å². The van der Waals surface area contributed by atoms with Crippen molar-refractivity contribution in [2.45, 2.75) is 32.2 Å². The number of aryl methyl sites for hydroxylation is 1. The van der Waals surface area contributed by atoms with Crippen LogP contribution in [-0.2, 0) is 6.42 Å². The lowest BCUT2D eigenvalue weighted by Crippen LogP contribution is -2.12. The summed E-state index contributed by atoms with van der Waals surface area (Å²) in [6.45, 7) is 3.29. The van der Waals surface area contributed by atoms with E-state index in [4.69, 9.17) is 0 Å². The molecule has 2 aromatic rings. The van der Waals surface area contributed by atoms with Crippen molar-refractivity contribution in [1.29, 1.82) is 0 Å². The third-order valence-electron chi connectivity index (χ3n) is 3.41. The molecular formula is C13H17N3. The largest absolute Gasteiger partial charge is 0.310 e. The van der Waals surface area contributed by atoms with Gasteiger partial charge in [-0.1, -0.05) is 6.92 Å². The summed E-state index contributed by atoms with van der Waals surface area (Å²) in [7, 11) is 0. The highest BCUT2D eigenvalue weighted by Gasteiger charge is 2.16. The molecule has 1 N–H and O–H groups in total. The molecule has 0 bridgehead atoms. The minimum Gasteiger partial charge on any atom is -0.310 e. The molecule has 3 heterocycles. The first kappa shape index (κ1) is 9.85. The molecule has 16 heavy (non-hydrogen) atoms. The molecule has 3 nitrogen and oxygen atoms in total. The zero-order valence-electron chi connectivity index (χ0n) is 9.61. The summed E-state index contributed by atoms with van der Waals surface area (Å²) < 4.78 is 2.18. The van der Waals surface area contributed by atoms with Gasteiger partial charge in [-0.2, -0.15) is 0 Å². The van der Waals surface area contributed by atoms with Gasteiger partial charge in [-0.05, 0) is 37.1 Å². The fourth-order valence-electron chi connectivity index (χ4n) is 2.52. The Hall–Kier alpha value is -1.35. The molecule has 1 aliphatic heterocycles. The Morgan fingerprint density at radius 1 is 1.56 bits per heavy atom. The highest BCUT2D eigenvalue weighted by molar-refractivity contribution is 5.49. The monoisotopic (exact) mass is 215 g/mol. The van der Waals surface area contributed by atoms with Crippen molar-refractivity contribution >= 4 is 5.52 Å². The number of hydrogen-bond donors (Lipinski definition) is 1. The van der Waals surface area contributed by atoms with Gasteiger partial charge < -0.3 is 9.72 Å². The van der Waals surface area contributed by atoms with Crippen LogP contribution >= 0.6 is 0 Å². The number of hydrogen-bond acceptors (Lipinski definition) is 2. The van der Waals surface area contributed by atoms with E-state index in [0.717, 1.165) is 18.8 Å². The molecule has 0 aliphatic carbocycles. The normalized spacial score (nSPS) is 20.7. The summed E-state index contributed by atoms with van der Waals surface area (Å²) in [5.74, 6) is 1.14. The topological polar surface area (TPSA) is 29.3 Å². The van der Waals surface area contributed by atoms with E-state index in [1.165, 1.54) is 23.9 Å². The van der Waals surface area contributed by atoms with Gasteiger partial charge in [0.05, 0.1) is 11.7 Å². The lowest BCUT2D eigenvalue weighted by molar-refractivity contribution is 0.647. The van der Waals surface area contributed by atoms with E-state index >= 15 is 0 Å². The molecule has 1 atom stereocenters. The average Bonchev–Trinajstić information content (AvgIpc) is 2.97. The van der Waals surface area contributed by atoms with Gasteiger partial charge >= 0.3 is 0 Å². The number of aromatic nitrogens is 2. The molecule has 84 valence electrons. The zero-order chi connectivity index (χ0) is 11.0. The van der Waals surface area contributed by atoms with E-state index < -0.39 is 0 Å².